The Kier molecular flexibility index (Phi) is 6.87. The van der Waals surface area contributed by atoms with Gasteiger partial charge in [-0.05, 0) is 24.1 Å². The highest BCUT2D eigenvalue weighted by Gasteiger charge is 2.10. The van der Waals surface area contributed by atoms with Gasteiger partial charge in [0.15, 0.2) is 0 Å². The zero-order valence-electron chi connectivity index (χ0n) is 7.56. The molecule has 0 bridgehead atoms. The minimum atomic E-state index is -3.00. The maximum absolute atomic E-state index is 8.94. The van der Waals surface area contributed by atoms with E-state index in [0.717, 1.165) is 23.6 Å². The van der Waals surface area contributed by atoms with Crippen LogP contribution >= 0.6 is 17.1 Å². The quantitative estimate of drug-likeness (QED) is 0.686. The first-order valence-electron chi connectivity index (χ1n) is 4.15. The number of hydrogen-bond acceptors (Lipinski definition) is 2. The molecule has 74 valence electrons. The first kappa shape index (κ1) is 12.9. The van der Waals surface area contributed by atoms with Gasteiger partial charge in [0.05, 0.1) is 0 Å². The van der Waals surface area contributed by atoms with Crippen molar-refractivity contribution in [2.75, 3.05) is 5.75 Å². The van der Waals surface area contributed by atoms with E-state index >= 15 is 0 Å². The molecular weight excluding hydrogens is 211 g/mol. The summed E-state index contributed by atoms with van der Waals surface area (Å²) in [6.07, 6.45) is 3.56. The highest BCUT2D eigenvalue weighted by Crippen LogP contribution is 2.51. The first-order valence-corrected chi connectivity index (χ1v) is 8.45. The van der Waals surface area contributed by atoms with Gasteiger partial charge in [0.25, 0.3) is 0 Å². The van der Waals surface area contributed by atoms with Crippen molar-refractivity contribution in [3.05, 3.63) is 0 Å². The van der Waals surface area contributed by atoms with Crippen molar-refractivity contribution in [1.82, 2.24) is 0 Å². The average Bonchev–Trinajstić information content (AvgIpc) is 1.95. The van der Waals surface area contributed by atoms with Crippen molar-refractivity contribution >= 4 is 28.9 Å². The van der Waals surface area contributed by atoms with Crippen molar-refractivity contribution in [1.29, 1.82) is 0 Å². The number of unbranched alkanes of at least 4 members (excludes halogenated alkanes) is 1. The minimum Gasteiger partial charge on any atom is -0.338 e. The zero-order chi connectivity index (χ0) is 9.61. The fourth-order valence-corrected chi connectivity index (χ4v) is 3.37. The molecule has 0 aromatic heterocycles. The van der Waals surface area contributed by atoms with Crippen LogP contribution in [0.25, 0.3) is 0 Å². The molecule has 0 saturated carbocycles. The van der Waals surface area contributed by atoms with E-state index in [1.165, 1.54) is 12.8 Å². The molecule has 0 aliphatic heterocycles. The van der Waals surface area contributed by atoms with E-state index in [-0.39, 0.29) is 0 Å². The van der Waals surface area contributed by atoms with Crippen LogP contribution in [-0.4, -0.2) is 15.5 Å². The molecule has 1 atom stereocenters. The number of rotatable bonds is 6. The molecule has 0 radical (unpaired) electrons. The van der Waals surface area contributed by atoms with Crippen LogP contribution in [0.2, 0.25) is 0 Å². The second-order valence-corrected chi connectivity index (χ2v) is 9.13. The van der Waals surface area contributed by atoms with Gasteiger partial charge >= 0.3 is 0 Å². The largest absolute Gasteiger partial charge is 0.338 e. The van der Waals surface area contributed by atoms with Crippen LogP contribution < -0.4 is 0 Å². The summed E-state index contributed by atoms with van der Waals surface area (Å²) in [5, 5.41) is 0. The van der Waals surface area contributed by atoms with Gasteiger partial charge in [-0.15, -0.1) is 0 Å². The fourth-order valence-electron chi connectivity index (χ4n) is 0.860. The molecule has 2 N–H and O–H groups in total. The van der Waals surface area contributed by atoms with Gasteiger partial charge in [-0.25, -0.2) is 0 Å². The number of hydrogen-bond donors (Lipinski definition) is 2. The molecule has 0 aliphatic carbocycles. The Balaban J connectivity index is 3.44. The lowest BCUT2D eigenvalue weighted by atomic mass is 10.1. The molecule has 0 spiro atoms. The highest BCUT2D eigenvalue weighted by molar-refractivity contribution is 8.67. The lowest BCUT2D eigenvalue weighted by molar-refractivity contribution is 0.501. The molecular formula is C7H17O2PS2. The summed E-state index contributed by atoms with van der Waals surface area (Å²) in [4.78, 5) is 17.9. The average molecular weight is 228 g/mol. The molecule has 0 fully saturated rings. The zero-order valence-corrected chi connectivity index (χ0v) is 10.1. The lowest BCUT2D eigenvalue weighted by Gasteiger charge is -2.12. The van der Waals surface area contributed by atoms with E-state index in [1.807, 2.05) is 0 Å². The van der Waals surface area contributed by atoms with Crippen LogP contribution in [0.1, 0.15) is 33.1 Å². The molecule has 0 amide bonds. The molecule has 2 nitrogen and oxygen atoms in total. The summed E-state index contributed by atoms with van der Waals surface area (Å²) in [5.41, 5.74) is -3.00. The van der Waals surface area contributed by atoms with E-state index in [0.29, 0.717) is 5.92 Å². The van der Waals surface area contributed by atoms with Gasteiger partial charge in [0, 0.05) is 5.75 Å². The molecule has 12 heavy (non-hydrogen) atoms. The summed E-state index contributed by atoms with van der Waals surface area (Å²) in [6, 6.07) is 0. The monoisotopic (exact) mass is 228 g/mol. The molecule has 5 heteroatoms. The normalized spacial score (nSPS) is 14.7. The van der Waals surface area contributed by atoms with E-state index in [1.54, 1.807) is 0 Å². The van der Waals surface area contributed by atoms with Gasteiger partial charge in [-0.3, -0.25) is 0 Å². The first-order chi connectivity index (χ1) is 5.45. The summed E-state index contributed by atoms with van der Waals surface area (Å²) in [7, 11) is 0. The van der Waals surface area contributed by atoms with Gasteiger partial charge in [0.2, 0.25) is 5.69 Å². The van der Waals surface area contributed by atoms with E-state index in [9.17, 15) is 0 Å². The van der Waals surface area contributed by atoms with Crippen LogP contribution in [0.4, 0.5) is 0 Å². The van der Waals surface area contributed by atoms with E-state index in [2.05, 4.69) is 25.7 Å². The van der Waals surface area contributed by atoms with E-state index in [4.69, 9.17) is 9.79 Å². The third-order valence-electron chi connectivity index (χ3n) is 1.58. The van der Waals surface area contributed by atoms with Gasteiger partial charge < -0.3 is 9.79 Å². The van der Waals surface area contributed by atoms with Gasteiger partial charge in [-0.1, -0.05) is 38.1 Å². The summed E-state index contributed by atoms with van der Waals surface area (Å²) in [5.74, 6) is 1.31. The van der Waals surface area contributed by atoms with Crippen molar-refractivity contribution in [3.8, 4) is 0 Å². The molecule has 0 aromatic rings. The molecule has 0 aromatic carbocycles. The van der Waals surface area contributed by atoms with Crippen LogP contribution in [0.3, 0.4) is 0 Å². The highest BCUT2D eigenvalue weighted by atomic mass is 32.9. The molecule has 0 heterocycles. The molecule has 0 aliphatic rings. The fraction of sp³-hybridized carbons (Fsp3) is 1.00. The Morgan fingerprint density at radius 3 is 2.50 bits per heavy atom. The topological polar surface area (TPSA) is 40.5 Å². The minimum absolute atomic E-state index is 0.538. The Labute approximate surface area is 83.7 Å². The van der Waals surface area contributed by atoms with Crippen molar-refractivity contribution in [2.45, 2.75) is 33.1 Å². The van der Waals surface area contributed by atoms with Crippen molar-refractivity contribution in [2.24, 2.45) is 5.92 Å². The predicted molar refractivity (Wildman–Crippen MR) is 59.9 cm³/mol. The van der Waals surface area contributed by atoms with Crippen LogP contribution in [-0.2, 0) is 11.8 Å². The molecule has 0 rings (SSSR count). The maximum Gasteiger partial charge on any atom is 0.242 e. The SMILES string of the molecule is CCCCC(C)CSP(O)(O)=S. The summed E-state index contributed by atoms with van der Waals surface area (Å²) in [6.45, 7) is 4.27. The van der Waals surface area contributed by atoms with Crippen LogP contribution in [0.15, 0.2) is 0 Å². The Hall–Kier alpha value is 0.920. The Morgan fingerprint density at radius 1 is 1.50 bits per heavy atom. The van der Waals surface area contributed by atoms with Crippen LogP contribution in [0.5, 0.6) is 0 Å². The second kappa shape index (κ2) is 6.39. The van der Waals surface area contributed by atoms with Gasteiger partial charge in [-0.2, -0.15) is 0 Å². The summed E-state index contributed by atoms with van der Waals surface area (Å²) >= 11 is 5.63. The van der Waals surface area contributed by atoms with Crippen molar-refractivity contribution in [3.63, 3.8) is 0 Å². The Bertz CT molecular complexity index is 157. The van der Waals surface area contributed by atoms with E-state index < -0.39 is 5.69 Å². The molecule has 1 unspecified atom stereocenters. The molecule has 0 saturated heterocycles. The van der Waals surface area contributed by atoms with Gasteiger partial charge in [0.1, 0.15) is 0 Å². The lowest BCUT2D eigenvalue weighted by Crippen LogP contribution is -1.97. The second-order valence-electron chi connectivity index (χ2n) is 3.03. The Morgan fingerprint density at radius 2 is 2.08 bits per heavy atom. The smallest absolute Gasteiger partial charge is 0.242 e. The maximum atomic E-state index is 8.94. The summed E-state index contributed by atoms with van der Waals surface area (Å²) < 4.78 is 0. The van der Waals surface area contributed by atoms with Crippen LogP contribution in [0, 0.1) is 5.92 Å². The van der Waals surface area contributed by atoms with Crippen molar-refractivity contribution < 1.29 is 9.79 Å². The third kappa shape index (κ3) is 9.01. The third-order valence-corrected chi connectivity index (χ3v) is 5.04. The standard InChI is InChI=1S/C7H17O2PS2/c1-3-4-5-7(2)6-12-10(8,9)11/h7H,3-6H2,1-2H3,(H2,8,9,11). The predicted octanol–water partition coefficient (Wildman–Crippen LogP) is 2.76.